The Morgan fingerprint density at radius 2 is 2.33 bits per heavy atom. The highest BCUT2D eigenvalue weighted by atomic mass is 32.2. The second-order valence-corrected chi connectivity index (χ2v) is 5.07. The highest BCUT2D eigenvalue weighted by Gasteiger charge is 2.17. The van der Waals surface area contributed by atoms with E-state index in [1.807, 2.05) is 18.7 Å². The van der Waals surface area contributed by atoms with Gasteiger partial charge in [-0.2, -0.15) is 11.8 Å². The van der Waals surface area contributed by atoms with E-state index in [0.29, 0.717) is 19.1 Å². The highest BCUT2D eigenvalue weighted by molar-refractivity contribution is 7.99. The van der Waals surface area contributed by atoms with Crippen molar-refractivity contribution in [3.8, 4) is 0 Å². The van der Waals surface area contributed by atoms with Crippen LogP contribution in [0.1, 0.15) is 26.7 Å². The van der Waals surface area contributed by atoms with Gasteiger partial charge in [-0.15, -0.1) is 0 Å². The lowest BCUT2D eigenvalue weighted by molar-refractivity contribution is -0.143. The number of hydrogen-bond acceptors (Lipinski definition) is 4. The third kappa shape index (κ3) is 4.89. The Kier molecular flexibility index (Phi) is 6.10. The number of hydrogen-bond donors (Lipinski definition) is 0. The van der Waals surface area contributed by atoms with Crippen LogP contribution in [0.15, 0.2) is 0 Å². The minimum absolute atomic E-state index is 0.0680. The molecule has 1 aliphatic heterocycles. The molecule has 1 atom stereocenters. The molecular formula is C11H21NO2S. The van der Waals surface area contributed by atoms with E-state index in [9.17, 15) is 4.79 Å². The molecule has 15 heavy (non-hydrogen) atoms. The summed E-state index contributed by atoms with van der Waals surface area (Å²) in [7, 11) is 0. The fraction of sp³-hybridized carbons (Fsp3) is 0.909. The van der Waals surface area contributed by atoms with Gasteiger partial charge in [0.25, 0.3) is 0 Å². The van der Waals surface area contributed by atoms with Crippen molar-refractivity contribution in [1.29, 1.82) is 0 Å². The lowest BCUT2D eigenvalue weighted by atomic mass is 10.2. The number of nitrogens with zero attached hydrogens (tertiary/aromatic N) is 1. The van der Waals surface area contributed by atoms with Crippen LogP contribution < -0.4 is 0 Å². The largest absolute Gasteiger partial charge is 0.466 e. The molecule has 0 amide bonds. The van der Waals surface area contributed by atoms with Gasteiger partial charge in [0, 0.05) is 24.9 Å². The Hall–Kier alpha value is -0.220. The summed E-state index contributed by atoms with van der Waals surface area (Å²) in [6.45, 7) is 6.54. The third-order valence-electron chi connectivity index (χ3n) is 2.73. The molecule has 0 bridgehead atoms. The first-order chi connectivity index (χ1) is 7.24. The summed E-state index contributed by atoms with van der Waals surface area (Å²) in [5.74, 6) is 2.37. The summed E-state index contributed by atoms with van der Waals surface area (Å²) in [6, 6.07) is 0.606. The van der Waals surface area contributed by atoms with Crippen LogP contribution in [0.2, 0.25) is 0 Å². The van der Waals surface area contributed by atoms with Crippen molar-refractivity contribution in [2.24, 2.45) is 0 Å². The zero-order valence-corrected chi connectivity index (χ0v) is 10.5. The standard InChI is InChI=1S/C11H21NO2S/c1-3-14-11(13)4-6-12-7-9-15-8-5-10(12)2/h10H,3-9H2,1-2H3. The van der Waals surface area contributed by atoms with Crippen LogP contribution in [0.3, 0.4) is 0 Å². The monoisotopic (exact) mass is 231 g/mol. The Bertz CT molecular complexity index is 199. The minimum atomic E-state index is -0.0680. The molecule has 0 radical (unpaired) electrons. The lowest BCUT2D eigenvalue weighted by Gasteiger charge is -2.25. The number of carbonyl (C=O) groups excluding carboxylic acids is 1. The first-order valence-corrected chi connectivity index (χ1v) is 6.87. The van der Waals surface area contributed by atoms with E-state index in [0.717, 1.165) is 13.1 Å². The molecule has 0 saturated carbocycles. The molecule has 88 valence electrons. The molecule has 1 heterocycles. The Labute approximate surface area is 96.5 Å². The van der Waals surface area contributed by atoms with Crippen LogP contribution in [0.25, 0.3) is 0 Å². The van der Waals surface area contributed by atoms with Crippen molar-refractivity contribution >= 4 is 17.7 Å². The average molecular weight is 231 g/mol. The fourth-order valence-corrected chi connectivity index (χ4v) is 2.82. The zero-order chi connectivity index (χ0) is 11.1. The number of carbonyl (C=O) groups is 1. The smallest absolute Gasteiger partial charge is 0.307 e. The van der Waals surface area contributed by atoms with Crippen LogP contribution in [0.5, 0.6) is 0 Å². The predicted molar refractivity (Wildman–Crippen MR) is 64.2 cm³/mol. The first kappa shape index (κ1) is 12.8. The van der Waals surface area contributed by atoms with Crippen LogP contribution in [0, 0.1) is 0 Å². The second kappa shape index (κ2) is 7.12. The van der Waals surface area contributed by atoms with Crippen molar-refractivity contribution in [1.82, 2.24) is 4.90 Å². The molecule has 1 saturated heterocycles. The summed E-state index contributed by atoms with van der Waals surface area (Å²) in [5.41, 5.74) is 0. The zero-order valence-electron chi connectivity index (χ0n) is 9.70. The molecule has 1 unspecified atom stereocenters. The van der Waals surface area contributed by atoms with Gasteiger partial charge in [-0.1, -0.05) is 0 Å². The second-order valence-electron chi connectivity index (χ2n) is 3.84. The molecule has 0 aliphatic carbocycles. The lowest BCUT2D eigenvalue weighted by Crippen LogP contribution is -2.35. The van der Waals surface area contributed by atoms with Crippen molar-refractivity contribution in [3.05, 3.63) is 0 Å². The van der Waals surface area contributed by atoms with Gasteiger partial charge in [0.15, 0.2) is 0 Å². The van der Waals surface area contributed by atoms with E-state index in [1.54, 1.807) is 0 Å². The number of esters is 1. The predicted octanol–water partition coefficient (Wildman–Crippen LogP) is 1.77. The maximum absolute atomic E-state index is 11.2. The maximum atomic E-state index is 11.2. The Balaban J connectivity index is 2.25. The molecule has 0 aromatic carbocycles. The molecule has 0 N–H and O–H groups in total. The molecule has 1 rings (SSSR count). The molecule has 3 nitrogen and oxygen atoms in total. The van der Waals surface area contributed by atoms with Gasteiger partial charge in [0.1, 0.15) is 0 Å². The normalized spacial score (nSPS) is 23.5. The van der Waals surface area contributed by atoms with Crippen molar-refractivity contribution in [3.63, 3.8) is 0 Å². The van der Waals surface area contributed by atoms with Gasteiger partial charge >= 0.3 is 5.97 Å². The number of rotatable bonds is 4. The van der Waals surface area contributed by atoms with Crippen molar-refractivity contribution in [2.45, 2.75) is 32.7 Å². The van der Waals surface area contributed by atoms with E-state index < -0.39 is 0 Å². The number of ether oxygens (including phenoxy) is 1. The molecule has 0 spiro atoms. The van der Waals surface area contributed by atoms with E-state index in [1.165, 1.54) is 17.9 Å². The Morgan fingerprint density at radius 1 is 1.53 bits per heavy atom. The molecule has 1 fully saturated rings. The van der Waals surface area contributed by atoms with Crippen LogP contribution in [-0.2, 0) is 9.53 Å². The fourth-order valence-electron chi connectivity index (χ4n) is 1.74. The minimum Gasteiger partial charge on any atom is -0.466 e. The topological polar surface area (TPSA) is 29.5 Å². The molecule has 0 aromatic rings. The molecule has 1 aliphatic rings. The maximum Gasteiger partial charge on any atom is 0.307 e. The van der Waals surface area contributed by atoms with Crippen LogP contribution >= 0.6 is 11.8 Å². The number of thioether (sulfide) groups is 1. The summed E-state index contributed by atoms with van der Waals surface area (Å²) in [6.07, 6.45) is 1.76. The summed E-state index contributed by atoms with van der Waals surface area (Å²) < 4.78 is 4.93. The van der Waals surface area contributed by atoms with E-state index in [-0.39, 0.29) is 5.97 Å². The third-order valence-corrected chi connectivity index (χ3v) is 3.73. The Morgan fingerprint density at radius 3 is 3.07 bits per heavy atom. The van der Waals surface area contributed by atoms with Gasteiger partial charge in [0.05, 0.1) is 13.0 Å². The average Bonchev–Trinajstić information content (AvgIpc) is 2.41. The van der Waals surface area contributed by atoms with Crippen molar-refractivity contribution < 1.29 is 9.53 Å². The van der Waals surface area contributed by atoms with Crippen LogP contribution in [0.4, 0.5) is 0 Å². The summed E-state index contributed by atoms with van der Waals surface area (Å²) in [5, 5.41) is 0. The molecular weight excluding hydrogens is 210 g/mol. The van der Waals surface area contributed by atoms with Gasteiger partial charge < -0.3 is 4.74 Å². The summed E-state index contributed by atoms with van der Waals surface area (Å²) >= 11 is 2.01. The van der Waals surface area contributed by atoms with Gasteiger partial charge in [-0.25, -0.2) is 0 Å². The van der Waals surface area contributed by atoms with E-state index in [4.69, 9.17) is 4.74 Å². The first-order valence-electron chi connectivity index (χ1n) is 5.71. The van der Waals surface area contributed by atoms with E-state index >= 15 is 0 Å². The van der Waals surface area contributed by atoms with Crippen LogP contribution in [-0.4, -0.2) is 48.1 Å². The quantitative estimate of drug-likeness (QED) is 0.690. The molecule has 0 aromatic heterocycles. The molecule has 4 heteroatoms. The highest BCUT2D eigenvalue weighted by Crippen LogP contribution is 2.16. The van der Waals surface area contributed by atoms with Gasteiger partial charge in [-0.3, -0.25) is 9.69 Å². The van der Waals surface area contributed by atoms with Gasteiger partial charge in [0.2, 0.25) is 0 Å². The van der Waals surface area contributed by atoms with E-state index in [2.05, 4.69) is 11.8 Å². The van der Waals surface area contributed by atoms with Gasteiger partial charge in [-0.05, 0) is 26.0 Å². The summed E-state index contributed by atoms with van der Waals surface area (Å²) in [4.78, 5) is 13.6. The SMILES string of the molecule is CCOC(=O)CCN1CCSCCC1C. The van der Waals surface area contributed by atoms with Crippen molar-refractivity contribution in [2.75, 3.05) is 31.2 Å².